The minimum Gasteiger partial charge on any atom is -0.379 e. The van der Waals surface area contributed by atoms with Crippen LogP contribution in [0.15, 0.2) is 47.6 Å². The zero-order chi connectivity index (χ0) is 15.1. The lowest BCUT2D eigenvalue weighted by atomic mass is 10.0. The summed E-state index contributed by atoms with van der Waals surface area (Å²) < 4.78 is 13.7. The molecule has 0 unspecified atom stereocenters. The van der Waals surface area contributed by atoms with Crippen molar-refractivity contribution in [3.05, 3.63) is 54.1 Å². The van der Waals surface area contributed by atoms with Crippen LogP contribution in [-0.2, 0) is 6.54 Å². The molecule has 110 valence electrons. The van der Waals surface area contributed by atoms with Gasteiger partial charge in [0, 0.05) is 17.5 Å². The molecule has 21 heavy (non-hydrogen) atoms. The van der Waals surface area contributed by atoms with Gasteiger partial charge in [-0.1, -0.05) is 36.9 Å². The quantitative estimate of drug-likeness (QED) is 0.518. The average Bonchev–Trinajstić information content (AvgIpc) is 2.51. The van der Waals surface area contributed by atoms with Crippen molar-refractivity contribution in [2.75, 3.05) is 5.75 Å². The minimum absolute atomic E-state index is 0.462. The van der Waals surface area contributed by atoms with Crippen LogP contribution in [0.25, 0.3) is 11.1 Å². The molecule has 0 atom stereocenters. The lowest BCUT2D eigenvalue weighted by Crippen LogP contribution is -2.07. The van der Waals surface area contributed by atoms with Crippen LogP contribution in [0.5, 0.6) is 0 Å². The summed E-state index contributed by atoms with van der Waals surface area (Å²) in [5.41, 5.74) is 8.12. The minimum atomic E-state index is -0.462. The number of benzene rings is 1. The first-order valence-electron chi connectivity index (χ1n) is 6.83. The number of nitrogens with two attached hydrogens (primary N) is 1. The second-order valence-electron chi connectivity index (χ2n) is 4.55. The molecule has 0 aliphatic rings. The Balaban J connectivity index is 2.13. The van der Waals surface area contributed by atoms with E-state index in [0.29, 0.717) is 17.3 Å². The molecule has 5 heteroatoms. The number of amidine groups is 1. The van der Waals surface area contributed by atoms with Gasteiger partial charge >= 0.3 is 0 Å². The predicted octanol–water partition coefficient (Wildman–Crippen LogP) is 3.85. The Hall–Kier alpha value is -1.88. The summed E-state index contributed by atoms with van der Waals surface area (Å²) in [7, 11) is 0. The van der Waals surface area contributed by atoms with Crippen LogP contribution in [0.2, 0.25) is 0 Å². The molecule has 0 saturated heterocycles. The molecular formula is C16H18FN3S. The Bertz CT molecular complexity index is 628. The number of aliphatic imine (C=N–C) groups is 1. The van der Waals surface area contributed by atoms with Crippen molar-refractivity contribution in [2.24, 2.45) is 10.7 Å². The Morgan fingerprint density at radius 2 is 2.19 bits per heavy atom. The van der Waals surface area contributed by atoms with Crippen LogP contribution >= 0.6 is 11.8 Å². The number of rotatable bonds is 5. The number of pyridine rings is 1. The van der Waals surface area contributed by atoms with E-state index in [-0.39, 0.29) is 0 Å². The number of nitrogens with zero attached hydrogens (tertiary/aromatic N) is 2. The predicted molar refractivity (Wildman–Crippen MR) is 87.7 cm³/mol. The largest absolute Gasteiger partial charge is 0.379 e. The third-order valence-electron chi connectivity index (χ3n) is 2.87. The first-order valence-corrected chi connectivity index (χ1v) is 7.82. The Labute approximate surface area is 128 Å². The molecule has 2 rings (SSSR count). The Morgan fingerprint density at radius 3 is 2.95 bits per heavy atom. The zero-order valence-corrected chi connectivity index (χ0v) is 12.7. The third-order valence-corrected chi connectivity index (χ3v) is 3.91. The van der Waals surface area contributed by atoms with E-state index in [1.807, 2.05) is 24.3 Å². The number of halogens is 1. The van der Waals surface area contributed by atoms with Crippen molar-refractivity contribution in [3.63, 3.8) is 0 Å². The summed E-state index contributed by atoms with van der Waals surface area (Å²) in [6.07, 6.45) is 2.51. The molecule has 2 aromatic rings. The fourth-order valence-electron chi connectivity index (χ4n) is 1.86. The molecule has 2 N–H and O–H groups in total. The Morgan fingerprint density at radius 1 is 1.33 bits per heavy atom. The highest BCUT2D eigenvalue weighted by Gasteiger charge is 2.05. The molecule has 1 heterocycles. The van der Waals surface area contributed by atoms with E-state index in [4.69, 9.17) is 5.73 Å². The maximum atomic E-state index is 13.7. The first-order chi connectivity index (χ1) is 10.2. The third kappa shape index (κ3) is 4.56. The van der Waals surface area contributed by atoms with Gasteiger partial charge in [-0.2, -0.15) is 4.39 Å². The molecule has 0 bridgehead atoms. The monoisotopic (exact) mass is 303 g/mol. The number of thioether (sulfide) groups is 1. The van der Waals surface area contributed by atoms with Crippen LogP contribution in [0.4, 0.5) is 4.39 Å². The van der Waals surface area contributed by atoms with Gasteiger partial charge in [0.25, 0.3) is 0 Å². The molecule has 0 amide bonds. The lowest BCUT2D eigenvalue weighted by Gasteiger charge is -2.05. The molecule has 0 spiro atoms. The summed E-state index contributed by atoms with van der Waals surface area (Å²) in [5.74, 6) is 0.507. The zero-order valence-electron chi connectivity index (χ0n) is 11.9. The van der Waals surface area contributed by atoms with Crippen LogP contribution in [0.3, 0.4) is 0 Å². The van der Waals surface area contributed by atoms with Crippen molar-refractivity contribution in [1.29, 1.82) is 0 Å². The van der Waals surface area contributed by atoms with Gasteiger partial charge in [0.05, 0.1) is 6.54 Å². The lowest BCUT2D eigenvalue weighted by molar-refractivity contribution is 0.587. The Kier molecular flexibility index (Phi) is 5.75. The fraction of sp³-hybridized carbons (Fsp3) is 0.250. The second-order valence-corrected chi connectivity index (χ2v) is 5.66. The standard InChI is InChI=1S/C16H18FN3S/c1-2-9-21-16(18)20-11-12-5-3-6-13(10-12)14-7-4-8-19-15(14)17/h3-8,10H,2,9,11H2,1H3,(H2,18,20). The highest BCUT2D eigenvalue weighted by molar-refractivity contribution is 8.13. The van der Waals surface area contributed by atoms with Crippen LogP contribution < -0.4 is 5.73 Å². The van der Waals surface area contributed by atoms with E-state index in [1.54, 1.807) is 23.9 Å². The summed E-state index contributed by atoms with van der Waals surface area (Å²) in [4.78, 5) is 8.01. The van der Waals surface area contributed by atoms with Crippen molar-refractivity contribution in [2.45, 2.75) is 19.9 Å². The first kappa shape index (κ1) is 15.5. The van der Waals surface area contributed by atoms with Gasteiger partial charge in [0.1, 0.15) is 0 Å². The average molecular weight is 303 g/mol. The van der Waals surface area contributed by atoms with Crippen LogP contribution in [0.1, 0.15) is 18.9 Å². The molecule has 0 aliphatic heterocycles. The maximum Gasteiger partial charge on any atom is 0.220 e. The van der Waals surface area contributed by atoms with Gasteiger partial charge in [0.15, 0.2) is 5.17 Å². The van der Waals surface area contributed by atoms with Gasteiger partial charge < -0.3 is 5.73 Å². The van der Waals surface area contributed by atoms with Gasteiger partial charge in [0.2, 0.25) is 5.95 Å². The highest BCUT2D eigenvalue weighted by Crippen LogP contribution is 2.22. The van der Waals surface area contributed by atoms with Crippen LogP contribution in [0, 0.1) is 5.95 Å². The van der Waals surface area contributed by atoms with E-state index >= 15 is 0 Å². The number of hydrogen-bond acceptors (Lipinski definition) is 3. The maximum absolute atomic E-state index is 13.7. The fourth-order valence-corrected chi connectivity index (χ4v) is 2.43. The summed E-state index contributed by atoms with van der Waals surface area (Å²) in [5, 5.41) is 0.592. The molecule has 0 saturated carbocycles. The summed E-state index contributed by atoms with van der Waals surface area (Å²) in [6, 6.07) is 11.1. The van der Waals surface area contributed by atoms with E-state index in [0.717, 1.165) is 23.3 Å². The van der Waals surface area contributed by atoms with Crippen molar-refractivity contribution in [1.82, 2.24) is 4.98 Å². The SMILES string of the molecule is CCCSC(N)=NCc1cccc(-c2cccnc2F)c1. The molecule has 1 aromatic heterocycles. The number of aromatic nitrogens is 1. The molecule has 3 nitrogen and oxygen atoms in total. The number of hydrogen-bond donors (Lipinski definition) is 1. The molecular weight excluding hydrogens is 285 g/mol. The highest BCUT2D eigenvalue weighted by atomic mass is 32.2. The topological polar surface area (TPSA) is 51.3 Å². The van der Waals surface area contributed by atoms with E-state index in [2.05, 4.69) is 16.9 Å². The molecule has 1 aromatic carbocycles. The normalized spacial score (nSPS) is 11.6. The molecule has 0 aliphatic carbocycles. The van der Waals surface area contributed by atoms with Crippen molar-refractivity contribution < 1.29 is 4.39 Å². The van der Waals surface area contributed by atoms with Gasteiger partial charge in [-0.15, -0.1) is 0 Å². The molecule has 0 radical (unpaired) electrons. The summed E-state index contributed by atoms with van der Waals surface area (Å²) in [6.45, 7) is 2.60. The van der Waals surface area contributed by atoms with Crippen molar-refractivity contribution >= 4 is 16.9 Å². The summed E-state index contributed by atoms with van der Waals surface area (Å²) >= 11 is 1.56. The van der Waals surface area contributed by atoms with Gasteiger partial charge in [-0.25, -0.2) is 4.98 Å². The van der Waals surface area contributed by atoms with Crippen molar-refractivity contribution in [3.8, 4) is 11.1 Å². The van der Waals surface area contributed by atoms with Crippen LogP contribution in [-0.4, -0.2) is 15.9 Å². The van der Waals surface area contributed by atoms with E-state index in [9.17, 15) is 4.39 Å². The molecule has 0 fully saturated rings. The van der Waals surface area contributed by atoms with E-state index < -0.39 is 5.95 Å². The second kappa shape index (κ2) is 7.78. The smallest absolute Gasteiger partial charge is 0.220 e. The van der Waals surface area contributed by atoms with Gasteiger partial charge in [-0.3, -0.25) is 4.99 Å². The van der Waals surface area contributed by atoms with E-state index in [1.165, 1.54) is 6.20 Å². The van der Waals surface area contributed by atoms with Gasteiger partial charge in [-0.05, 0) is 35.7 Å².